The van der Waals surface area contributed by atoms with Crippen LogP contribution in [0.5, 0.6) is 0 Å². The molecule has 1 fully saturated rings. The number of nitrogens with one attached hydrogen (secondary N) is 1. The molecule has 18 heavy (non-hydrogen) atoms. The molecule has 2 rings (SSSR count). The van der Waals surface area contributed by atoms with Crippen LogP contribution >= 0.6 is 11.6 Å². The van der Waals surface area contributed by atoms with E-state index < -0.39 is 0 Å². The Labute approximate surface area is 115 Å². The second-order valence-electron chi connectivity index (χ2n) is 5.00. The van der Waals surface area contributed by atoms with E-state index in [1.807, 2.05) is 25.3 Å². The molecule has 2 nitrogen and oxygen atoms in total. The van der Waals surface area contributed by atoms with E-state index in [1.165, 1.54) is 18.4 Å². The number of methoxy groups -OCH3 is 1. The largest absolute Gasteiger partial charge is 0.380 e. The van der Waals surface area contributed by atoms with Crippen LogP contribution in [0.4, 0.5) is 0 Å². The summed E-state index contributed by atoms with van der Waals surface area (Å²) in [5.41, 5.74) is 1.20. The van der Waals surface area contributed by atoms with Crippen LogP contribution in [-0.4, -0.2) is 25.8 Å². The highest BCUT2D eigenvalue weighted by Gasteiger charge is 2.36. The third-order valence-corrected chi connectivity index (χ3v) is 3.99. The molecule has 0 bridgehead atoms. The van der Waals surface area contributed by atoms with Crippen molar-refractivity contribution in [3.8, 4) is 0 Å². The maximum atomic E-state index is 6.24. The lowest BCUT2D eigenvalue weighted by Crippen LogP contribution is -2.43. The van der Waals surface area contributed by atoms with Gasteiger partial charge in [0.25, 0.3) is 0 Å². The molecule has 3 heteroatoms. The zero-order valence-electron chi connectivity index (χ0n) is 11.2. The van der Waals surface area contributed by atoms with Crippen LogP contribution in [0.1, 0.15) is 25.3 Å². The van der Waals surface area contributed by atoms with Gasteiger partial charge in [-0.3, -0.25) is 0 Å². The van der Waals surface area contributed by atoms with Crippen LogP contribution in [0.3, 0.4) is 0 Å². The van der Waals surface area contributed by atoms with E-state index in [0.717, 1.165) is 23.9 Å². The normalized spacial score (nSPS) is 18.6. The molecule has 2 atom stereocenters. The van der Waals surface area contributed by atoms with E-state index >= 15 is 0 Å². The molecule has 100 valence electrons. The molecular weight excluding hydrogens is 246 g/mol. The Hall–Kier alpha value is -0.570. The van der Waals surface area contributed by atoms with Gasteiger partial charge in [-0.2, -0.15) is 0 Å². The highest BCUT2D eigenvalue weighted by atomic mass is 35.5. The third-order valence-electron chi connectivity index (χ3n) is 3.62. The maximum absolute atomic E-state index is 6.24. The van der Waals surface area contributed by atoms with Gasteiger partial charge < -0.3 is 10.1 Å². The van der Waals surface area contributed by atoms with Gasteiger partial charge in [0.15, 0.2) is 0 Å². The molecule has 1 aliphatic rings. The van der Waals surface area contributed by atoms with Crippen molar-refractivity contribution in [3.05, 3.63) is 34.9 Å². The first-order valence-electron chi connectivity index (χ1n) is 6.75. The summed E-state index contributed by atoms with van der Waals surface area (Å²) in [4.78, 5) is 0. The van der Waals surface area contributed by atoms with Gasteiger partial charge in [0.1, 0.15) is 0 Å². The van der Waals surface area contributed by atoms with E-state index in [4.69, 9.17) is 16.3 Å². The van der Waals surface area contributed by atoms with E-state index in [0.29, 0.717) is 12.1 Å². The van der Waals surface area contributed by atoms with Crippen molar-refractivity contribution in [2.45, 2.75) is 38.3 Å². The lowest BCUT2D eigenvalue weighted by Gasteiger charge is -2.27. The second-order valence-corrected chi connectivity index (χ2v) is 5.40. The Morgan fingerprint density at radius 1 is 1.39 bits per heavy atom. The number of ether oxygens (including phenoxy) is 1. The molecule has 2 unspecified atom stereocenters. The van der Waals surface area contributed by atoms with E-state index in [2.05, 4.69) is 18.3 Å². The number of hydrogen-bond donors (Lipinski definition) is 1. The van der Waals surface area contributed by atoms with Gasteiger partial charge in [-0.05, 0) is 43.4 Å². The summed E-state index contributed by atoms with van der Waals surface area (Å²) in [6.45, 7) is 3.10. The van der Waals surface area contributed by atoms with E-state index in [9.17, 15) is 0 Å². The lowest BCUT2D eigenvalue weighted by molar-refractivity contribution is 0.0516. The van der Waals surface area contributed by atoms with Gasteiger partial charge in [0, 0.05) is 18.2 Å². The Morgan fingerprint density at radius 3 is 2.67 bits per heavy atom. The molecule has 1 aromatic rings. The Morgan fingerprint density at radius 2 is 2.11 bits per heavy atom. The molecule has 0 aliphatic heterocycles. The maximum Gasteiger partial charge on any atom is 0.0755 e. The fraction of sp³-hybridized carbons (Fsp3) is 0.600. The van der Waals surface area contributed by atoms with Gasteiger partial charge in [0.2, 0.25) is 0 Å². The lowest BCUT2D eigenvalue weighted by atomic mass is 9.98. The summed E-state index contributed by atoms with van der Waals surface area (Å²) in [5, 5.41) is 4.40. The molecule has 1 N–H and O–H groups in total. The average Bonchev–Trinajstić information content (AvgIpc) is 3.18. The van der Waals surface area contributed by atoms with E-state index in [-0.39, 0.29) is 0 Å². The first-order valence-corrected chi connectivity index (χ1v) is 7.13. The minimum Gasteiger partial charge on any atom is -0.380 e. The third kappa shape index (κ3) is 3.47. The average molecular weight is 268 g/mol. The Balaban J connectivity index is 2.07. The van der Waals surface area contributed by atoms with Crippen molar-refractivity contribution in [2.24, 2.45) is 5.92 Å². The molecule has 0 spiro atoms. The molecule has 0 heterocycles. The standard InChI is InChI=1S/C15H22ClNO/c1-3-17-14(15(18-2)11-8-9-11)10-12-6-4-5-7-13(12)16/h4-7,11,14-15,17H,3,8-10H2,1-2H3. The first kappa shape index (κ1) is 13.9. The second kappa shape index (κ2) is 6.55. The van der Waals surface area contributed by atoms with Crippen molar-refractivity contribution in [1.82, 2.24) is 5.32 Å². The minimum atomic E-state index is 0.307. The zero-order valence-corrected chi connectivity index (χ0v) is 11.9. The number of hydrogen-bond acceptors (Lipinski definition) is 2. The summed E-state index contributed by atoms with van der Waals surface area (Å²) in [7, 11) is 1.82. The fourth-order valence-electron chi connectivity index (χ4n) is 2.58. The van der Waals surface area contributed by atoms with E-state index in [1.54, 1.807) is 0 Å². The van der Waals surface area contributed by atoms with Crippen LogP contribution < -0.4 is 5.32 Å². The quantitative estimate of drug-likeness (QED) is 0.819. The topological polar surface area (TPSA) is 21.3 Å². The van der Waals surface area contributed by atoms with Crippen molar-refractivity contribution < 1.29 is 4.74 Å². The van der Waals surface area contributed by atoms with Crippen molar-refractivity contribution in [2.75, 3.05) is 13.7 Å². The number of rotatable bonds is 7. The molecule has 1 aliphatic carbocycles. The molecular formula is C15H22ClNO. The first-order chi connectivity index (χ1) is 8.76. The predicted molar refractivity (Wildman–Crippen MR) is 76.1 cm³/mol. The Kier molecular flexibility index (Phi) is 5.04. The predicted octanol–water partition coefficient (Wildman–Crippen LogP) is 3.29. The highest BCUT2D eigenvalue weighted by molar-refractivity contribution is 6.31. The monoisotopic (exact) mass is 267 g/mol. The molecule has 1 saturated carbocycles. The van der Waals surface area contributed by atoms with Crippen LogP contribution in [-0.2, 0) is 11.2 Å². The number of likely N-dealkylation sites (N-methyl/N-ethyl adjacent to an activating group) is 1. The molecule has 1 aromatic carbocycles. The van der Waals surface area contributed by atoms with Gasteiger partial charge >= 0.3 is 0 Å². The van der Waals surface area contributed by atoms with Gasteiger partial charge in [-0.25, -0.2) is 0 Å². The van der Waals surface area contributed by atoms with Crippen LogP contribution in [0, 0.1) is 5.92 Å². The Bertz CT molecular complexity index is 379. The van der Waals surface area contributed by atoms with Gasteiger partial charge in [0.05, 0.1) is 6.10 Å². The summed E-state index contributed by atoms with van der Waals surface area (Å²) in [6.07, 6.45) is 3.83. The highest BCUT2D eigenvalue weighted by Crippen LogP contribution is 2.36. The molecule has 0 amide bonds. The van der Waals surface area contributed by atoms with Crippen molar-refractivity contribution >= 4 is 11.6 Å². The minimum absolute atomic E-state index is 0.307. The van der Waals surface area contributed by atoms with Crippen molar-refractivity contribution in [1.29, 1.82) is 0 Å². The number of halogens is 1. The van der Waals surface area contributed by atoms with Gasteiger partial charge in [-0.1, -0.05) is 36.7 Å². The molecule has 0 saturated heterocycles. The van der Waals surface area contributed by atoms with Gasteiger partial charge in [-0.15, -0.1) is 0 Å². The summed E-state index contributed by atoms with van der Waals surface area (Å²) < 4.78 is 5.70. The van der Waals surface area contributed by atoms with Crippen molar-refractivity contribution in [3.63, 3.8) is 0 Å². The summed E-state index contributed by atoms with van der Waals surface area (Å²) in [5.74, 6) is 0.724. The smallest absolute Gasteiger partial charge is 0.0755 e. The summed E-state index contributed by atoms with van der Waals surface area (Å²) in [6, 6.07) is 8.43. The fourth-order valence-corrected chi connectivity index (χ4v) is 2.79. The number of benzene rings is 1. The zero-order chi connectivity index (χ0) is 13.0. The molecule has 0 radical (unpaired) electrons. The van der Waals surface area contributed by atoms with Crippen LogP contribution in [0.2, 0.25) is 5.02 Å². The summed E-state index contributed by atoms with van der Waals surface area (Å²) >= 11 is 6.24. The molecule has 0 aromatic heterocycles. The van der Waals surface area contributed by atoms with Crippen LogP contribution in [0.25, 0.3) is 0 Å². The van der Waals surface area contributed by atoms with Crippen LogP contribution in [0.15, 0.2) is 24.3 Å². The SMILES string of the molecule is CCNC(Cc1ccccc1Cl)C(OC)C1CC1.